The molecule has 0 saturated carbocycles. The van der Waals surface area contributed by atoms with Crippen molar-refractivity contribution in [3.63, 3.8) is 0 Å². The second-order valence-corrected chi connectivity index (χ2v) is 6.73. The number of urea groups is 1. The number of pyridine rings is 1. The normalized spacial score (nSPS) is 10.3. The Morgan fingerprint density at radius 1 is 1.00 bits per heavy atom. The number of hydrogen-bond acceptors (Lipinski definition) is 5. The number of carbonyl (C=O) groups is 1. The lowest BCUT2D eigenvalue weighted by Crippen LogP contribution is -2.34. The number of benzene rings is 1. The van der Waals surface area contributed by atoms with E-state index < -0.39 is 0 Å². The number of amides is 2. The van der Waals surface area contributed by atoms with Gasteiger partial charge in [0.1, 0.15) is 0 Å². The number of ether oxygens (including phenoxy) is 2. The van der Waals surface area contributed by atoms with Gasteiger partial charge in [-0.05, 0) is 40.8 Å². The van der Waals surface area contributed by atoms with Crippen molar-refractivity contribution in [1.82, 2.24) is 15.6 Å². The van der Waals surface area contributed by atoms with E-state index in [0.29, 0.717) is 24.6 Å². The van der Waals surface area contributed by atoms with Gasteiger partial charge in [-0.2, -0.15) is 0 Å². The minimum atomic E-state index is -0.244. The number of methoxy groups -OCH3 is 2. The van der Waals surface area contributed by atoms with Gasteiger partial charge in [-0.1, -0.05) is 12.1 Å². The lowest BCUT2D eigenvalue weighted by molar-refractivity contribution is 0.240. The first-order chi connectivity index (χ1) is 13.2. The van der Waals surface area contributed by atoms with Crippen LogP contribution in [-0.4, -0.2) is 25.2 Å². The number of aromatic nitrogens is 1. The van der Waals surface area contributed by atoms with Gasteiger partial charge in [0, 0.05) is 35.9 Å². The Hall–Kier alpha value is -3.06. The largest absolute Gasteiger partial charge is 0.493 e. The minimum Gasteiger partial charge on any atom is -0.493 e. The molecule has 0 aliphatic rings. The molecule has 6 nitrogen and oxygen atoms in total. The monoisotopic (exact) mass is 383 g/mol. The highest BCUT2D eigenvalue weighted by molar-refractivity contribution is 7.13. The van der Waals surface area contributed by atoms with Crippen molar-refractivity contribution in [3.05, 3.63) is 65.3 Å². The van der Waals surface area contributed by atoms with Crippen molar-refractivity contribution in [2.75, 3.05) is 14.2 Å². The highest BCUT2D eigenvalue weighted by Crippen LogP contribution is 2.27. The van der Waals surface area contributed by atoms with Crippen molar-refractivity contribution in [2.45, 2.75) is 13.1 Å². The zero-order chi connectivity index (χ0) is 19.1. The molecule has 7 heteroatoms. The van der Waals surface area contributed by atoms with E-state index in [1.165, 1.54) is 0 Å². The lowest BCUT2D eigenvalue weighted by atomic mass is 10.2. The first kappa shape index (κ1) is 18.7. The lowest BCUT2D eigenvalue weighted by Gasteiger charge is -2.11. The van der Waals surface area contributed by atoms with E-state index in [1.807, 2.05) is 41.9 Å². The molecule has 0 unspecified atom stereocenters. The van der Waals surface area contributed by atoms with Gasteiger partial charge < -0.3 is 20.1 Å². The maximum atomic E-state index is 12.1. The minimum absolute atomic E-state index is 0.244. The third-order valence-electron chi connectivity index (χ3n) is 3.95. The average Bonchev–Trinajstić information content (AvgIpc) is 3.25. The van der Waals surface area contributed by atoms with E-state index in [-0.39, 0.29) is 6.03 Å². The molecule has 140 valence electrons. The van der Waals surface area contributed by atoms with Crippen LogP contribution in [0.1, 0.15) is 11.1 Å². The summed E-state index contributed by atoms with van der Waals surface area (Å²) in [5, 5.41) is 7.72. The number of rotatable bonds is 7. The standard InChI is InChI=1S/C20H21N3O3S/c1-25-17-6-5-14(9-18(17)26-2)11-22-20(24)23-12-15-8-16(13-21-10-15)19-4-3-7-27-19/h3-10,13H,11-12H2,1-2H3,(H2,22,23,24). The predicted molar refractivity (Wildman–Crippen MR) is 106 cm³/mol. The molecule has 0 bridgehead atoms. The van der Waals surface area contributed by atoms with Gasteiger partial charge in [0.15, 0.2) is 11.5 Å². The second-order valence-electron chi connectivity index (χ2n) is 5.78. The predicted octanol–water partition coefficient (Wildman–Crippen LogP) is 3.83. The Bertz CT molecular complexity index is 897. The van der Waals surface area contributed by atoms with Crippen molar-refractivity contribution in [3.8, 4) is 21.9 Å². The fourth-order valence-corrected chi connectivity index (χ4v) is 3.29. The number of nitrogens with one attached hydrogen (secondary N) is 2. The zero-order valence-electron chi connectivity index (χ0n) is 15.2. The third-order valence-corrected chi connectivity index (χ3v) is 4.87. The summed E-state index contributed by atoms with van der Waals surface area (Å²) in [6, 6.07) is 11.4. The van der Waals surface area contributed by atoms with Crippen LogP contribution in [0.3, 0.4) is 0 Å². The van der Waals surface area contributed by atoms with Crippen LogP contribution in [0.2, 0.25) is 0 Å². The number of thiophene rings is 1. The molecular formula is C20H21N3O3S. The summed E-state index contributed by atoms with van der Waals surface area (Å²) < 4.78 is 10.5. The van der Waals surface area contributed by atoms with Crippen LogP contribution in [-0.2, 0) is 13.1 Å². The smallest absolute Gasteiger partial charge is 0.315 e. The summed E-state index contributed by atoms with van der Waals surface area (Å²) in [5.74, 6) is 1.29. The fraction of sp³-hybridized carbons (Fsp3) is 0.200. The van der Waals surface area contributed by atoms with Crippen LogP contribution < -0.4 is 20.1 Å². The maximum Gasteiger partial charge on any atom is 0.315 e. The molecule has 0 atom stereocenters. The number of hydrogen-bond donors (Lipinski definition) is 2. The molecule has 2 heterocycles. The van der Waals surface area contributed by atoms with Crippen LogP contribution in [0.4, 0.5) is 4.79 Å². The summed E-state index contributed by atoms with van der Waals surface area (Å²) in [6.07, 6.45) is 3.58. The van der Waals surface area contributed by atoms with Gasteiger partial charge in [0.25, 0.3) is 0 Å². The number of carbonyl (C=O) groups excluding carboxylic acids is 1. The van der Waals surface area contributed by atoms with Crippen LogP contribution in [0.15, 0.2) is 54.2 Å². The van der Waals surface area contributed by atoms with Gasteiger partial charge >= 0.3 is 6.03 Å². The summed E-state index contributed by atoms with van der Waals surface area (Å²) >= 11 is 1.66. The van der Waals surface area contributed by atoms with E-state index >= 15 is 0 Å². The van der Waals surface area contributed by atoms with Gasteiger partial charge in [0.2, 0.25) is 0 Å². The first-order valence-corrected chi connectivity index (χ1v) is 9.28. The van der Waals surface area contributed by atoms with E-state index in [2.05, 4.69) is 21.7 Å². The quantitative estimate of drug-likeness (QED) is 0.650. The van der Waals surface area contributed by atoms with Gasteiger partial charge in [-0.3, -0.25) is 4.98 Å². The van der Waals surface area contributed by atoms with Crippen LogP contribution in [0.5, 0.6) is 11.5 Å². The van der Waals surface area contributed by atoms with Crippen LogP contribution in [0, 0.1) is 0 Å². The Kier molecular flexibility index (Phi) is 6.27. The third kappa shape index (κ3) is 4.98. The number of nitrogens with zero attached hydrogens (tertiary/aromatic N) is 1. The van der Waals surface area contributed by atoms with Gasteiger partial charge in [0.05, 0.1) is 14.2 Å². The topological polar surface area (TPSA) is 72.5 Å². The molecule has 0 aliphatic heterocycles. The van der Waals surface area contributed by atoms with Gasteiger partial charge in [-0.15, -0.1) is 11.3 Å². The second kappa shape index (κ2) is 9.05. The average molecular weight is 383 g/mol. The SMILES string of the molecule is COc1ccc(CNC(=O)NCc2cncc(-c3cccs3)c2)cc1OC. The van der Waals surface area contributed by atoms with E-state index in [9.17, 15) is 4.79 Å². The Morgan fingerprint density at radius 2 is 1.78 bits per heavy atom. The molecule has 27 heavy (non-hydrogen) atoms. The van der Waals surface area contributed by atoms with E-state index in [0.717, 1.165) is 21.6 Å². The van der Waals surface area contributed by atoms with Crippen molar-refractivity contribution >= 4 is 17.4 Å². The molecule has 0 saturated heterocycles. The molecule has 2 N–H and O–H groups in total. The van der Waals surface area contributed by atoms with E-state index in [4.69, 9.17) is 9.47 Å². The fourth-order valence-electron chi connectivity index (χ4n) is 2.58. The molecule has 1 aromatic carbocycles. The molecular weight excluding hydrogens is 362 g/mol. The molecule has 3 rings (SSSR count). The van der Waals surface area contributed by atoms with Crippen LogP contribution in [0.25, 0.3) is 10.4 Å². The molecule has 0 fully saturated rings. The van der Waals surface area contributed by atoms with Gasteiger partial charge in [-0.25, -0.2) is 4.79 Å². The summed E-state index contributed by atoms with van der Waals surface area (Å²) in [5.41, 5.74) is 2.92. The highest BCUT2D eigenvalue weighted by atomic mass is 32.1. The Labute approximate surface area is 162 Å². The molecule has 3 aromatic rings. The molecule has 0 spiro atoms. The van der Waals surface area contributed by atoms with Crippen molar-refractivity contribution in [2.24, 2.45) is 0 Å². The molecule has 2 aromatic heterocycles. The molecule has 2 amide bonds. The Morgan fingerprint density at radius 3 is 2.48 bits per heavy atom. The van der Waals surface area contributed by atoms with E-state index in [1.54, 1.807) is 31.8 Å². The maximum absolute atomic E-state index is 12.1. The molecule has 0 radical (unpaired) electrons. The summed E-state index contributed by atoms with van der Waals surface area (Å²) in [7, 11) is 3.17. The Balaban J connectivity index is 1.52. The first-order valence-electron chi connectivity index (χ1n) is 8.40. The van der Waals surface area contributed by atoms with Crippen molar-refractivity contribution in [1.29, 1.82) is 0 Å². The van der Waals surface area contributed by atoms with Crippen molar-refractivity contribution < 1.29 is 14.3 Å². The highest BCUT2D eigenvalue weighted by Gasteiger charge is 2.07. The molecule has 0 aliphatic carbocycles. The zero-order valence-corrected chi connectivity index (χ0v) is 16.0. The summed E-state index contributed by atoms with van der Waals surface area (Å²) in [6.45, 7) is 0.795. The summed E-state index contributed by atoms with van der Waals surface area (Å²) in [4.78, 5) is 17.5. The van der Waals surface area contributed by atoms with Crippen LogP contribution >= 0.6 is 11.3 Å².